The highest BCUT2D eigenvalue weighted by atomic mass is 16.5. The predicted octanol–water partition coefficient (Wildman–Crippen LogP) is 1.87. The van der Waals surface area contributed by atoms with E-state index in [1.165, 1.54) is 25.8 Å². The molecule has 0 aromatic heterocycles. The molecule has 0 radical (unpaired) electrons. The molecule has 2 aliphatic rings. The first-order valence-electron chi connectivity index (χ1n) is 7.25. The van der Waals surface area contributed by atoms with Gasteiger partial charge in [-0.2, -0.15) is 0 Å². The van der Waals surface area contributed by atoms with Crippen LogP contribution in [0.15, 0.2) is 0 Å². The monoisotopic (exact) mass is 240 g/mol. The minimum atomic E-state index is 0.470. The van der Waals surface area contributed by atoms with Gasteiger partial charge in [-0.05, 0) is 39.0 Å². The van der Waals surface area contributed by atoms with Crippen LogP contribution in [-0.2, 0) is 4.74 Å². The van der Waals surface area contributed by atoms with Crippen molar-refractivity contribution in [3.05, 3.63) is 0 Å². The Labute approximate surface area is 106 Å². The van der Waals surface area contributed by atoms with E-state index in [2.05, 4.69) is 31.0 Å². The number of nitrogens with one attached hydrogen (secondary N) is 1. The summed E-state index contributed by atoms with van der Waals surface area (Å²) in [5.74, 6) is 0.866. The van der Waals surface area contributed by atoms with Crippen LogP contribution >= 0.6 is 0 Å². The SMILES string of the molecule is CC1CC(C)N(C(C)CNCC2CCCO2)C1. The second kappa shape index (κ2) is 6.17. The highest BCUT2D eigenvalue weighted by Gasteiger charge is 2.29. The number of likely N-dealkylation sites (tertiary alicyclic amines) is 1. The Morgan fingerprint density at radius 1 is 1.41 bits per heavy atom. The summed E-state index contributed by atoms with van der Waals surface area (Å²) in [6.07, 6.45) is 4.30. The predicted molar refractivity (Wildman–Crippen MR) is 71.3 cm³/mol. The molecule has 2 heterocycles. The summed E-state index contributed by atoms with van der Waals surface area (Å²) in [5, 5.41) is 3.57. The summed E-state index contributed by atoms with van der Waals surface area (Å²) < 4.78 is 5.62. The van der Waals surface area contributed by atoms with Gasteiger partial charge in [0.1, 0.15) is 0 Å². The van der Waals surface area contributed by atoms with Crippen molar-refractivity contribution in [2.24, 2.45) is 5.92 Å². The summed E-state index contributed by atoms with van der Waals surface area (Å²) in [7, 11) is 0. The molecule has 0 amide bonds. The third kappa shape index (κ3) is 3.67. The van der Waals surface area contributed by atoms with E-state index in [1.54, 1.807) is 0 Å². The van der Waals surface area contributed by atoms with Crippen LogP contribution < -0.4 is 5.32 Å². The van der Waals surface area contributed by atoms with E-state index >= 15 is 0 Å². The molecular weight excluding hydrogens is 212 g/mol. The van der Waals surface area contributed by atoms with Crippen molar-refractivity contribution in [1.82, 2.24) is 10.2 Å². The van der Waals surface area contributed by atoms with E-state index in [0.29, 0.717) is 12.1 Å². The zero-order valence-electron chi connectivity index (χ0n) is 11.6. The normalized spacial score (nSPS) is 36.5. The quantitative estimate of drug-likeness (QED) is 0.794. The van der Waals surface area contributed by atoms with Gasteiger partial charge in [0, 0.05) is 38.3 Å². The second-order valence-corrected chi connectivity index (χ2v) is 6.03. The Hall–Kier alpha value is -0.120. The topological polar surface area (TPSA) is 24.5 Å². The molecule has 0 bridgehead atoms. The molecule has 0 spiro atoms. The average molecular weight is 240 g/mol. The van der Waals surface area contributed by atoms with Crippen LogP contribution in [0.2, 0.25) is 0 Å². The lowest BCUT2D eigenvalue weighted by Gasteiger charge is -2.29. The molecule has 1 N–H and O–H groups in total. The molecule has 100 valence electrons. The van der Waals surface area contributed by atoms with Crippen LogP contribution in [0.1, 0.15) is 40.0 Å². The summed E-state index contributed by atoms with van der Waals surface area (Å²) in [6, 6.07) is 1.40. The van der Waals surface area contributed by atoms with Crippen LogP contribution in [0.5, 0.6) is 0 Å². The fraction of sp³-hybridized carbons (Fsp3) is 1.00. The van der Waals surface area contributed by atoms with E-state index in [-0.39, 0.29) is 0 Å². The van der Waals surface area contributed by atoms with Gasteiger partial charge in [0.25, 0.3) is 0 Å². The minimum Gasteiger partial charge on any atom is -0.377 e. The summed E-state index contributed by atoms with van der Waals surface area (Å²) in [4.78, 5) is 2.65. The number of nitrogens with zero attached hydrogens (tertiary/aromatic N) is 1. The fourth-order valence-corrected chi connectivity index (χ4v) is 3.32. The molecule has 2 fully saturated rings. The van der Waals surface area contributed by atoms with Gasteiger partial charge >= 0.3 is 0 Å². The van der Waals surface area contributed by atoms with Crippen molar-refractivity contribution in [1.29, 1.82) is 0 Å². The molecule has 17 heavy (non-hydrogen) atoms. The van der Waals surface area contributed by atoms with Crippen molar-refractivity contribution in [2.45, 2.75) is 58.2 Å². The standard InChI is InChI=1S/C14H28N2O/c1-11-7-12(2)16(10-11)13(3)8-15-9-14-5-4-6-17-14/h11-15H,4-10H2,1-3H3. The van der Waals surface area contributed by atoms with Gasteiger partial charge in [0.15, 0.2) is 0 Å². The average Bonchev–Trinajstić information content (AvgIpc) is 2.88. The first-order valence-corrected chi connectivity index (χ1v) is 7.25. The number of hydrogen-bond donors (Lipinski definition) is 1. The molecule has 2 rings (SSSR count). The number of hydrogen-bond acceptors (Lipinski definition) is 3. The molecule has 3 heteroatoms. The molecule has 2 aliphatic heterocycles. The van der Waals surface area contributed by atoms with E-state index in [0.717, 1.165) is 31.7 Å². The van der Waals surface area contributed by atoms with Crippen molar-refractivity contribution in [2.75, 3.05) is 26.2 Å². The summed E-state index contributed by atoms with van der Waals surface area (Å²) >= 11 is 0. The molecule has 4 unspecified atom stereocenters. The third-order valence-electron chi connectivity index (χ3n) is 4.23. The lowest BCUT2D eigenvalue weighted by Crippen LogP contribution is -2.43. The summed E-state index contributed by atoms with van der Waals surface area (Å²) in [6.45, 7) is 11.4. The number of rotatable bonds is 5. The van der Waals surface area contributed by atoms with Gasteiger partial charge in [-0.25, -0.2) is 0 Å². The molecule has 0 saturated carbocycles. The van der Waals surface area contributed by atoms with E-state index in [4.69, 9.17) is 4.74 Å². The van der Waals surface area contributed by atoms with Gasteiger partial charge in [0.05, 0.1) is 6.10 Å². The van der Waals surface area contributed by atoms with Crippen molar-refractivity contribution in [3.63, 3.8) is 0 Å². The largest absolute Gasteiger partial charge is 0.377 e. The lowest BCUT2D eigenvalue weighted by molar-refractivity contribution is 0.106. The highest BCUT2D eigenvalue weighted by Crippen LogP contribution is 2.24. The maximum absolute atomic E-state index is 5.62. The molecule has 2 saturated heterocycles. The van der Waals surface area contributed by atoms with Crippen molar-refractivity contribution < 1.29 is 4.74 Å². The number of ether oxygens (including phenoxy) is 1. The molecule has 3 nitrogen and oxygen atoms in total. The Morgan fingerprint density at radius 3 is 2.82 bits per heavy atom. The molecular formula is C14H28N2O. The maximum atomic E-state index is 5.62. The Bertz CT molecular complexity index is 228. The van der Waals surface area contributed by atoms with Crippen LogP contribution in [0, 0.1) is 5.92 Å². The second-order valence-electron chi connectivity index (χ2n) is 6.03. The van der Waals surface area contributed by atoms with E-state index in [9.17, 15) is 0 Å². The van der Waals surface area contributed by atoms with Gasteiger partial charge in [-0.1, -0.05) is 6.92 Å². The van der Waals surface area contributed by atoms with Gasteiger partial charge in [0.2, 0.25) is 0 Å². The van der Waals surface area contributed by atoms with E-state index < -0.39 is 0 Å². The zero-order valence-corrected chi connectivity index (χ0v) is 11.6. The van der Waals surface area contributed by atoms with Crippen LogP contribution in [0.3, 0.4) is 0 Å². The zero-order chi connectivity index (χ0) is 12.3. The molecule has 0 aliphatic carbocycles. The van der Waals surface area contributed by atoms with Gasteiger partial charge in [-0.15, -0.1) is 0 Å². The first kappa shape index (κ1) is 13.3. The van der Waals surface area contributed by atoms with Crippen LogP contribution in [0.25, 0.3) is 0 Å². The van der Waals surface area contributed by atoms with Crippen LogP contribution in [0.4, 0.5) is 0 Å². The molecule has 0 aromatic carbocycles. The summed E-state index contributed by atoms with van der Waals surface area (Å²) in [5.41, 5.74) is 0. The smallest absolute Gasteiger partial charge is 0.0700 e. The molecule has 0 aromatic rings. The Balaban J connectivity index is 1.64. The third-order valence-corrected chi connectivity index (χ3v) is 4.23. The highest BCUT2D eigenvalue weighted by molar-refractivity contribution is 4.84. The van der Waals surface area contributed by atoms with Gasteiger partial charge < -0.3 is 10.1 Å². The van der Waals surface area contributed by atoms with Crippen molar-refractivity contribution >= 4 is 0 Å². The lowest BCUT2D eigenvalue weighted by atomic mass is 10.1. The first-order chi connectivity index (χ1) is 8.16. The molecule has 4 atom stereocenters. The van der Waals surface area contributed by atoms with Gasteiger partial charge in [-0.3, -0.25) is 4.90 Å². The Morgan fingerprint density at radius 2 is 2.24 bits per heavy atom. The minimum absolute atomic E-state index is 0.470. The van der Waals surface area contributed by atoms with E-state index in [1.807, 2.05) is 0 Å². The van der Waals surface area contributed by atoms with Crippen molar-refractivity contribution in [3.8, 4) is 0 Å². The fourth-order valence-electron chi connectivity index (χ4n) is 3.32. The van der Waals surface area contributed by atoms with Crippen LogP contribution in [-0.4, -0.2) is 49.3 Å². The Kier molecular flexibility index (Phi) is 4.83. The maximum Gasteiger partial charge on any atom is 0.0700 e.